The van der Waals surface area contributed by atoms with Crippen molar-refractivity contribution in [1.82, 2.24) is 20.0 Å². The molecule has 2 aromatic heterocycles. The van der Waals surface area contributed by atoms with Crippen LogP contribution in [-0.4, -0.2) is 59.0 Å². The predicted molar refractivity (Wildman–Crippen MR) is 93.4 cm³/mol. The highest BCUT2D eigenvalue weighted by atomic mass is 16.5. The van der Waals surface area contributed by atoms with E-state index in [1.807, 2.05) is 18.2 Å². The third-order valence-electron chi connectivity index (χ3n) is 4.06. The molecule has 1 aliphatic rings. The molecule has 2 aromatic rings. The Morgan fingerprint density at radius 2 is 2.20 bits per heavy atom. The number of hydrogen-bond donors (Lipinski definition) is 0. The van der Waals surface area contributed by atoms with Gasteiger partial charge in [-0.3, -0.25) is 4.90 Å². The van der Waals surface area contributed by atoms with Crippen molar-refractivity contribution in [1.29, 1.82) is 0 Å². The number of pyridine rings is 1. The van der Waals surface area contributed by atoms with Crippen LogP contribution >= 0.6 is 0 Å². The van der Waals surface area contributed by atoms with Crippen molar-refractivity contribution < 1.29 is 14.0 Å². The van der Waals surface area contributed by atoms with Crippen LogP contribution in [0.1, 0.15) is 18.7 Å². The average molecular weight is 344 g/mol. The zero-order valence-corrected chi connectivity index (χ0v) is 14.6. The van der Waals surface area contributed by atoms with Crippen molar-refractivity contribution in [3.8, 4) is 17.3 Å². The molecule has 1 aliphatic heterocycles. The number of aryl methyl sites for hydroxylation is 1. The van der Waals surface area contributed by atoms with Crippen molar-refractivity contribution in [3.63, 3.8) is 0 Å². The quantitative estimate of drug-likeness (QED) is 0.681. The molecule has 1 fully saturated rings. The molecule has 3 rings (SSSR count). The molecule has 0 spiro atoms. The molecular formula is C18H24N4O3. The van der Waals surface area contributed by atoms with Gasteiger partial charge < -0.3 is 14.0 Å². The second kappa shape index (κ2) is 8.73. The highest BCUT2D eigenvalue weighted by Gasteiger charge is 2.18. The van der Waals surface area contributed by atoms with Crippen LogP contribution in [0, 0.1) is 6.92 Å². The van der Waals surface area contributed by atoms with Gasteiger partial charge in [0.1, 0.15) is 6.10 Å². The van der Waals surface area contributed by atoms with E-state index >= 15 is 0 Å². The third kappa shape index (κ3) is 5.11. The lowest BCUT2D eigenvalue weighted by atomic mass is 10.1. The van der Waals surface area contributed by atoms with Crippen LogP contribution in [0.15, 0.2) is 35.5 Å². The van der Waals surface area contributed by atoms with Crippen LogP contribution in [0.2, 0.25) is 0 Å². The molecular weight excluding hydrogens is 320 g/mol. The van der Waals surface area contributed by atoms with E-state index in [2.05, 4.69) is 26.6 Å². The highest BCUT2D eigenvalue weighted by molar-refractivity contribution is 5.51. The highest BCUT2D eigenvalue weighted by Crippen LogP contribution is 2.20. The first-order valence-corrected chi connectivity index (χ1v) is 8.59. The van der Waals surface area contributed by atoms with Crippen molar-refractivity contribution in [2.45, 2.75) is 25.9 Å². The summed E-state index contributed by atoms with van der Waals surface area (Å²) in [7, 11) is 0. The molecule has 3 heterocycles. The number of aromatic nitrogens is 3. The Bertz CT molecular complexity index is 665. The third-order valence-corrected chi connectivity index (χ3v) is 4.06. The van der Waals surface area contributed by atoms with Gasteiger partial charge in [0.05, 0.1) is 18.8 Å². The summed E-state index contributed by atoms with van der Waals surface area (Å²) >= 11 is 0. The number of rotatable bonds is 8. The maximum Gasteiger partial charge on any atom is 0.259 e. The Labute approximate surface area is 147 Å². The summed E-state index contributed by atoms with van der Waals surface area (Å²) in [5.41, 5.74) is 0.781. The molecule has 1 saturated heterocycles. The molecule has 134 valence electrons. The summed E-state index contributed by atoms with van der Waals surface area (Å²) in [4.78, 5) is 11.0. The Hall–Kier alpha value is -2.25. The number of nitrogens with zero attached hydrogens (tertiary/aromatic N) is 4. The number of ether oxygens (including phenoxy) is 2. The van der Waals surface area contributed by atoms with Crippen molar-refractivity contribution in [3.05, 3.63) is 36.8 Å². The lowest BCUT2D eigenvalue weighted by Gasteiger charge is -2.30. The minimum absolute atomic E-state index is 0.0695. The molecule has 0 bridgehead atoms. The summed E-state index contributed by atoms with van der Waals surface area (Å²) in [6.07, 6.45) is 5.51. The Morgan fingerprint density at radius 1 is 1.36 bits per heavy atom. The monoisotopic (exact) mass is 344 g/mol. The molecule has 1 unspecified atom stereocenters. The predicted octanol–water partition coefficient (Wildman–Crippen LogP) is 2.49. The second-order valence-corrected chi connectivity index (χ2v) is 6.05. The van der Waals surface area contributed by atoms with Crippen LogP contribution in [0.25, 0.3) is 11.5 Å². The number of allylic oxidation sites excluding steroid dienone is 1. The Balaban J connectivity index is 1.62. The summed E-state index contributed by atoms with van der Waals surface area (Å²) in [5.74, 6) is 1.67. The van der Waals surface area contributed by atoms with Gasteiger partial charge in [0.2, 0.25) is 5.88 Å². The minimum atomic E-state index is 0.0695. The zero-order chi connectivity index (χ0) is 17.5. The van der Waals surface area contributed by atoms with E-state index in [1.165, 1.54) is 0 Å². The van der Waals surface area contributed by atoms with E-state index in [4.69, 9.17) is 14.0 Å². The second-order valence-electron chi connectivity index (χ2n) is 6.05. The molecule has 25 heavy (non-hydrogen) atoms. The van der Waals surface area contributed by atoms with Gasteiger partial charge >= 0.3 is 0 Å². The first-order valence-electron chi connectivity index (χ1n) is 8.59. The molecule has 0 N–H and O–H groups in total. The van der Waals surface area contributed by atoms with Crippen LogP contribution in [0.4, 0.5) is 0 Å². The standard InChI is InChI=1S/C18H24N4O3/c1-3-4-5-16(13-22-8-10-23-11-9-22)24-17-7-6-15(12-19-17)18-20-14(2)21-25-18/h3,6-7,12,16H,1,4-5,8-11,13H2,2H3. The van der Waals surface area contributed by atoms with Gasteiger partial charge in [-0.1, -0.05) is 11.2 Å². The molecule has 0 saturated carbocycles. The van der Waals surface area contributed by atoms with E-state index in [0.29, 0.717) is 17.6 Å². The lowest BCUT2D eigenvalue weighted by molar-refractivity contribution is 0.0174. The number of hydrogen-bond acceptors (Lipinski definition) is 7. The average Bonchev–Trinajstić information content (AvgIpc) is 3.07. The largest absolute Gasteiger partial charge is 0.473 e. The maximum atomic E-state index is 6.11. The fourth-order valence-corrected chi connectivity index (χ4v) is 2.72. The first kappa shape index (κ1) is 17.6. The molecule has 1 atom stereocenters. The van der Waals surface area contributed by atoms with E-state index in [1.54, 1.807) is 13.1 Å². The van der Waals surface area contributed by atoms with Crippen LogP contribution in [-0.2, 0) is 4.74 Å². The van der Waals surface area contributed by atoms with Gasteiger partial charge in [0, 0.05) is 31.9 Å². The van der Waals surface area contributed by atoms with E-state index < -0.39 is 0 Å². The van der Waals surface area contributed by atoms with E-state index in [9.17, 15) is 0 Å². The van der Waals surface area contributed by atoms with Crippen LogP contribution in [0.3, 0.4) is 0 Å². The summed E-state index contributed by atoms with van der Waals surface area (Å²) in [6.45, 7) is 9.90. The maximum absolute atomic E-state index is 6.11. The van der Waals surface area contributed by atoms with E-state index in [-0.39, 0.29) is 6.10 Å². The Kier molecular flexibility index (Phi) is 6.14. The molecule has 0 aromatic carbocycles. The molecule has 0 amide bonds. The normalized spacial score (nSPS) is 16.5. The fourth-order valence-electron chi connectivity index (χ4n) is 2.72. The summed E-state index contributed by atoms with van der Waals surface area (Å²) in [5, 5.41) is 3.79. The smallest absolute Gasteiger partial charge is 0.259 e. The first-order chi connectivity index (χ1) is 12.2. The van der Waals surface area contributed by atoms with Crippen molar-refractivity contribution >= 4 is 0 Å². The molecule has 7 heteroatoms. The lowest BCUT2D eigenvalue weighted by Crippen LogP contribution is -2.42. The van der Waals surface area contributed by atoms with Crippen molar-refractivity contribution in [2.75, 3.05) is 32.8 Å². The van der Waals surface area contributed by atoms with Crippen molar-refractivity contribution in [2.24, 2.45) is 0 Å². The van der Waals surface area contributed by atoms with E-state index in [0.717, 1.165) is 51.3 Å². The van der Waals surface area contributed by atoms with Gasteiger partial charge in [-0.15, -0.1) is 6.58 Å². The number of morpholine rings is 1. The molecule has 0 aliphatic carbocycles. The SMILES string of the molecule is C=CCCC(CN1CCOCC1)Oc1ccc(-c2nc(C)no2)cn1. The van der Waals surface area contributed by atoms with Crippen LogP contribution < -0.4 is 4.74 Å². The topological polar surface area (TPSA) is 73.5 Å². The molecule has 0 radical (unpaired) electrons. The minimum Gasteiger partial charge on any atom is -0.473 e. The van der Waals surface area contributed by atoms with Gasteiger partial charge in [0.15, 0.2) is 5.82 Å². The summed E-state index contributed by atoms with van der Waals surface area (Å²) in [6, 6.07) is 3.73. The van der Waals surface area contributed by atoms with Gasteiger partial charge in [-0.05, 0) is 25.8 Å². The van der Waals surface area contributed by atoms with Gasteiger partial charge in [0.25, 0.3) is 5.89 Å². The molecule has 7 nitrogen and oxygen atoms in total. The fraction of sp³-hybridized carbons (Fsp3) is 0.500. The van der Waals surface area contributed by atoms with Crippen LogP contribution in [0.5, 0.6) is 5.88 Å². The zero-order valence-electron chi connectivity index (χ0n) is 14.6. The summed E-state index contributed by atoms with van der Waals surface area (Å²) < 4.78 is 16.7. The van der Waals surface area contributed by atoms with Gasteiger partial charge in [-0.2, -0.15) is 4.98 Å². The van der Waals surface area contributed by atoms with Gasteiger partial charge in [-0.25, -0.2) is 4.98 Å². The Morgan fingerprint density at radius 3 is 2.84 bits per heavy atom.